The third-order valence-corrected chi connectivity index (χ3v) is 3.53. The molecular formula is C21H23N3O4. The molecule has 2 aromatic rings. The van der Waals surface area contributed by atoms with E-state index in [9.17, 15) is 14.4 Å². The van der Waals surface area contributed by atoms with Gasteiger partial charge in [-0.2, -0.15) is 0 Å². The molecule has 146 valence electrons. The van der Waals surface area contributed by atoms with Gasteiger partial charge in [0.15, 0.2) is 0 Å². The number of nitrogens with zero attached hydrogens (tertiary/aromatic N) is 1. The number of H-pyrrole nitrogens is 1. The molecule has 0 bridgehead atoms. The summed E-state index contributed by atoms with van der Waals surface area (Å²) in [5, 5.41) is 11.3. The van der Waals surface area contributed by atoms with Gasteiger partial charge in [-0.25, -0.2) is 9.78 Å². The van der Waals surface area contributed by atoms with Crippen molar-refractivity contribution in [3.8, 4) is 0 Å². The van der Waals surface area contributed by atoms with Gasteiger partial charge in [0.05, 0.1) is 12.1 Å². The fourth-order valence-electron chi connectivity index (χ4n) is 2.36. The monoisotopic (exact) mass is 381 g/mol. The highest BCUT2D eigenvalue weighted by Crippen LogP contribution is 2.26. The molecule has 1 heterocycles. The summed E-state index contributed by atoms with van der Waals surface area (Å²) in [7, 11) is 0. The molecule has 1 amide bonds. The summed E-state index contributed by atoms with van der Waals surface area (Å²) in [6.07, 6.45) is 5.73. The van der Waals surface area contributed by atoms with Crippen molar-refractivity contribution >= 4 is 17.6 Å². The minimum Gasteiger partial charge on any atom is -0.475 e. The SMILES string of the molecule is C=C/C=C(\C=C)C(C(=O)Nc1cnc(C(=O)O)[nH]c1=O)c1ccccc1.CC. The van der Waals surface area contributed by atoms with Crippen molar-refractivity contribution in [3.63, 3.8) is 0 Å². The number of carbonyl (C=O) groups is 2. The number of aromatic carboxylic acids is 1. The molecule has 0 aliphatic carbocycles. The van der Waals surface area contributed by atoms with Gasteiger partial charge >= 0.3 is 5.97 Å². The summed E-state index contributed by atoms with van der Waals surface area (Å²) in [5.74, 6) is -3.10. The molecule has 1 unspecified atom stereocenters. The molecule has 7 heteroatoms. The lowest BCUT2D eigenvalue weighted by Crippen LogP contribution is -2.27. The topological polar surface area (TPSA) is 112 Å². The number of hydrogen-bond donors (Lipinski definition) is 3. The van der Waals surface area contributed by atoms with Crippen molar-refractivity contribution in [1.29, 1.82) is 0 Å². The predicted molar refractivity (Wildman–Crippen MR) is 109 cm³/mol. The normalized spacial score (nSPS) is 11.4. The summed E-state index contributed by atoms with van der Waals surface area (Å²) >= 11 is 0. The quantitative estimate of drug-likeness (QED) is 0.635. The first-order chi connectivity index (χ1) is 13.5. The van der Waals surface area contributed by atoms with E-state index in [2.05, 4.69) is 28.4 Å². The number of carboxylic acid groups (broad SMARTS) is 1. The highest BCUT2D eigenvalue weighted by atomic mass is 16.4. The van der Waals surface area contributed by atoms with Gasteiger partial charge < -0.3 is 10.4 Å². The van der Waals surface area contributed by atoms with Crippen LogP contribution in [0.3, 0.4) is 0 Å². The second-order valence-electron chi connectivity index (χ2n) is 5.22. The van der Waals surface area contributed by atoms with E-state index in [4.69, 9.17) is 5.11 Å². The number of rotatable bonds is 7. The fourth-order valence-corrected chi connectivity index (χ4v) is 2.36. The zero-order chi connectivity index (χ0) is 21.1. The van der Waals surface area contributed by atoms with Gasteiger partial charge in [0.1, 0.15) is 5.69 Å². The zero-order valence-corrected chi connectivity index (χ0v) is 15.8. The molecule has 0 aliphatic rings. The maximum Gasteiger partial charge on any atom is 0.372 e. The Balaban J connectivity index is 0.00000190. The van der Waals surface area contributed by atoms with Crippen LogP contribution < -0.4 is 10.9 Å². The number of carbonyl (C=O) groups excluding carboxylic acids is 1. The zero-order valence-electron chi connectivity index (χ0n) is 15.8. The fraction of sp³-hybridized carbons (Fsp3) is 0.143. The van der Waals surface area contributed by atoms with Gasteiger partial charge in [-0.05, 0) is 11.1 Å². The number of aromatic amines is 1. The van der Waals surface area contributed by atoms with Gasteiger partial charge in [0, 0.05) is 0 Å². The molecule has 1 aromatic carbocycles. The summed E-state index contributed by atoms with van der Waals surface area (Å²) in [6.45, 7) is 11.4. The van der Waals surface area contributed by atoms with Crippen molar-refractivity contribution in [2.75, 3.05) is 5.32 Å². The van der Waals surface area contributed by atoms with Crippen LogP contribution in [0.25, 0.3) is 0 Å². The first kappa shape index (κ1) is 22.3. The third-order valence-electron chi connectivity index (χ3n) is 3.53. The molecule has 28 heavy (non-hydrogen) atoms. The van der Waals surface area contributed by atoms with E-state index < -0.39 is 29.2 Å². The first-order valence-corrected chi connectivity index (χ1v) is 8.61. The highest BCUT2D eigenvalue weighted by Gasteiger charge is 2.24. The summed E-state index contributed by atoms with van der Waals surface area (Å²) in [6, 6.07) is 8.96. The number of aromatic nitrogens is 2. The molecule has 0 saturated carbocycles. The van der Waals surface area contributed by atoms with E-state index in [-0.39, 0.29) is 5.69 Å². The second kappa shape index (κ2) is 11.1. The number of anilines is 1. The lowest BCUT2D eigenvalue weighted by molar-refractivity contribution is -0.116. The Bertz CT molecular complexity index is 930. The van der Waals surface area contributed by atoms with Crippen molar-refractivity contribution in [2.45, 2.75) is 19.8 Å². The average molecular weight is 381 g/mol. The highest BCUT2D eigenvalue weighted by molar-refractivity contribution is 5.98. The predicted octanol–water partition coefficient (Wildman–Crippen LogP) is 3.52. The van der Waals surface area contributed by atoms with Crippen LogP contribution in [0.1, 0.15) is 35.9 Å². The van der Waals surface area contributed by atoms with Crippen molar-refractivity contribution in [1.82, 2.24) is 9.97 Å². The van der Waals surface area contributed by atoms with E-state index in [1.54, 1.807) is 30.3 Å². The van der Waals surface area contributed by atoms with Crippen LogP contribution in [0.5, 0.6) is 0 Å². The Morgan fingerprint density at radius 3 is 2.36 bits per heavy atom. The lowest BCUT2D eigenvalue weighted by atomic mass is 9.89. The maximum absolute atomic E-state index is 12.8. The van der Waals surface area contributed by atoms with E-state index >= 15 is 0 Å². The molecule has 0 saturated heterocycles. The van der Waals surface area contributed by atoms with Crippen molar-refractivity contribution < 1.29 is 14.7 Å². The number of hydrogen-bond acceptors (Lipinski definition) is 4. The minimum absolute atomic E-state index is 0.150. The Hall–Kier alpha value is -3.74. The number of nitrogens with one attached hydrogen (secondary N) is 2. The van der Waals surface area contributed by atoms with E-state index in [1.807, 2.05) is 19.9 Å². The van der Waals surface area contributed by atoms with Crippen molar-refractivity contribution in [2.24, 2.45) is 0 Å². The van der Waals surface area contributed by atoms with E-state index in [0.29, 0.717) is 11.1 Å². The smallest absolute Gasteiger partial charge is 0.372 e. The van der Waals surface area contributed by atoms with Crippen LogP contribution >= 0.6 is 0 Å². The molecule has 0 aliphatic heterocycles. The molecule has 0 spiro atoms. The van der Waals surface area contributed by atoms with Crippen LogP contribution in [0.4, 0.5) is 5.69 Å². The summed E-state index contributed by atoms with van der Waals surface area (Å²) in [5.41, 5.74) is 0.383. The first-order valence-electron chi connectivity index (χ1n) is 8.61. The Morgan fingerprint density at radius 1 is 1.21 bits per heavy atom. The number of amides is 1. The van der Waals surface area contributed by atoms with Crippen LogP contribution in [0.15, 0.2) is 78.3 Å². The molecular weight excluding hydrogens is 358 g/mol. The largest absolute Gasteiger partial charge is 0.475 e. The van der Waals surface area contributed by atoms with Crippen LogP contribution in [0, 0.1) is 0 Å². The Morgan fingerprint density at radius 2 is 1.86 bits per heavy atom. The Kier molecular flexibility index (Phi) is 8.82. The van der Waals surface area contributed by atoms with Gasteiger partial charge in [0.2, 0.25) is 11.7 Å². The van der Waals surface area contributed by atoms with Crippen molar-refractivity contribution in [3.05, 3.63) is 95.2 Å². The summed E-state index contributed by atoms with van der Waals surface area (Å²) in [4.78, 5) is 41.3. The summed E-state index contributed by atoms with van der Waals surface area (Å²) < 4.78 is 0. The molecule has 1 aromatic heterocycles. The van der Waals surface area contributed by atoms with Crippen LogP contribution in [-0.2, 0) is 4.79 Å². The van der Waals surface area contributed by atoms with E-state index in [1.165, 1.54) is 12.2 Å². The lowest BCUT2D eigenvalue weighted by Gasteiger charge is -2.18. The maximum atomic E-state index is 12.8. The average Bonchev–Trinajstić information content (AvgIpc) is 2.71. The van der Waals surface area contributed by atoms with Gasteiger partial charge in [0.25, 0.3) is 5.56 Å². The minimum atomic E-state index is -1.37. The van der Waals surface area contributed by atoms with Gasteiger partial charge in [-0.3, -0.25) is 14.6 Å². The number of benzene rings is 1. The molecule has 1 atom stereocenters. The van der Waals surface area contributed by atoms with Gasteiger partial charge in [-0.1, -0.05) is 75.6 Å². The second-order valence-corrected chi connectivity index (χ2v) is 5.22. The molecule has 7 nitrogen and oxygen atoms in total. The Labute approximate surface area is 163 Å². The molecule has 0 fully saturated rings. The molecule has 0 radical (unpaired) electrons. The number of carboxylic acids is 1. The van der Waals surface area contributed by atoms with Gasteiger partial charge in [-0.15, -0.1) is 0 Å². The van der Waals surface area contributed by atoms with E-state index in [0.717, 1.165) is 6.20 Å². The molecule has 3 N–H and O–H groups in total. The third kappa shape index (κ3) is 5.63. The molecule has 2 rings (SSSR count). The standard InChI is InChI=1S/C19H17N3O4.C2H6/c1-3-8-12(4-2)15(13-9-6-5-7-10-13)18(24)21-14-11-20-16(19(25)26)22-17(14)23;1-2/h3-11,15H,1-2H2,(H,21,24)(H,25,26)(H,20,22,23);1-2H3/b12-8+;. The van der Waals surface area contributed by atoms with Crippen LogP contribution in [0.2, 0.25) is 0 Å². The number of allylic oxidation sites excluding steroid dienone is 3. The van der Waals surface area contributed by atoms with Crippen LogP contribution in [-0.4, -0.2) is 27.0 Å².